The third-order valence-electron chi connectivity index (χ3n) is 5.78. The molecule has 2 aromatic carbocycles. The highest BCUT2D eigenvalue weighted by Gasteiger charge is 2.24. The van der Waals surface area contributed by atoms with Gasteiger partial charge in [0.1, 0.15) is 12.4 Å². The SMILES string of the molecule is CC(=O)OCc1ccc(OC(=O)C(C)C)c(C(CCN(C(C)C)C(C)C)c2ccccc2)c1. The Bertz CT molecular complexity index is 897. The Hall–Kier alpha value is -2.66. The van der Waals surface area contributed by atoms with Crippen molar-refractivity contribution < 1.29 is 19.1 Å². The number of esters is 2. The maximum absolute atomic E-state index is 12.5. The van der Waals surface area contributed by atoms with Crippen LogP contribution in [0.5, 0.6) is 5.75 Å². The number of carbonyl (C=O) groups is 2. The number of rotatable bonds is 11. The molecule has 0 aliphatic heterocycles. The van der Waals surface area contributed by atoms with Crippen LogP contribution in [-0.2, 0) is 20.9 Å². The maximum atomic E-state index is 12.5. The molecule has 5 nitrogen and oxygen atoms in total. The van der Waals surface area contributed by atoms with Crippen molar-refractivity contribution in [1.29, 1.82) is 0 Å². The lowest BCUT2D eigenvalue weighted by atomic mass is 9.86. The van der Waals surface area contributed by atoms with Gasteiger partial charge in [0.25, 0.3) is 0 Å². The first-order valence-electron chi connectivity index (χ1n) is 11.9. The van der Waals surface area contributed by atoms with E-state index >= 15 is 0 Å². The summed E-state index contributed by atoms with van der Waals surface area (Å²) < 4.78 is 11.1. The third kappa shape index (κ3) is 8.01. The molecule has 2 rings (SSSR count). The number of benzene rings is 2. The molecule has 0 amide bonds. The zero-order valence-corrected chi connectivity index (χ0v) is 21.1. The van der Waals surface area contributed by atoms with Crippen molar-refractivity contribution in [3.8, 4) is 5.75 Å². The van der Waals surface area contributed by atoms with Crippen LogP contribution in [-0.4, -0.2) is 35.5 Å². The van der Waals surface area contributed by atoms with Crippen molar-refractivity contribution >= 4 is 11.9 Å². The van der Waals surface area contributed by atoms with Crippen molar-refractivity contribution in [3.63, 3.8) is 0 Å². The predicted molar refractivity (Wildman–Crippen MR) is 132 cm³/mol. The monoisotopic (exact) mass is 453 g/mol. The highest BCUT2D eigenvalue weighted by atomic mass is 16.5. The van der Waals surface area contributed by atoms with Crippen LogP contribution < -0.4 is 4.74 Å². The largest absolute Gasteiger partial charge is 0.461 e. The van der Waals surface area contributed by atoms with Gasteiger partial charge in [0.05, 0.1) is 5.92 Å². The molecule has 0 radical (unpaired) electrons. The molecule has 0 spiro atoms. The van der Waals surface area contributed by atoms with E-state index in [0.29, 0.717) is 17.8 Å². The fraction of sp³-hybridized carbons (Fsp3) is 0.500. The van der Waals surface area contributed by atoms with Crippen LogP contribution in [0.3, 0.4) is 0 Å². The van der Waals surface area contributed by atoms with Crippen molar-refractivity contribution in [1.82, 2.24) is 4.90 Å². The molecular weight excluding hydrogens is 414 g/mol. The molecule has 1 atom stereocenters. The maximum Gasteiger partial charge on any atom is 0.313 e. The highest BCUT2D eigenvalue weighted by Crippen LogP contribution is 2.36. The molecule has 33 heavy (non-hydrogen) atoms. The fourth-order valence-corrected chi connectivity index (χ4v) is 4.04. The zero-order chi connectivity index (χ0) is 24.5. The normalized spacial score (nSPS) is 12.5. The molecule has 0 aliphatic carbocycles. The number of hydrogen-bond acceptors (Lipinski definition) is 5. The van der Waals surface area contributed by atoms with Gasteiger partial charge in [-0.15, -0.1) is 0 Å². The summed E-state index contributed by atoms with van der Waals surface area (Å²) in [6.45, 7) is 15.0. The molecule has 1 unspecified atom stereocenters. The standard InChI is InChI=1S/C28H39NO4/c1-19(2)28(31)33-27-14-13-23(18-32-22(7)30)17-26(27)25(24-11-9-8-10-12-24)15-16-29(20(3)4)21(5)6/h8-14,17,19-21,25H,15-16,18H2,1-7H3. The van der Waals surface area contributed by atoms with E-state index in [1.165, 1.54) is 6.92 Å². The van der Waals surface area contributed by atoms with Gasteiger partial charge in [-0.25, -0.2) is 0 Å². The second-order valence-electron chi connectivity index (χ2n) is 9.41. The minimum atomic E-state index is -0.323. The van der Waals surface area contributed by atoms with Gasteiger partial charge >= 0.3 is 11.9 Å². The number of ether oxygens (including phenoxy) is 2. The van der Waals surface area contributed by atoms with Crippen molar-refractivity contribution in [2.24, 2.45) is 5.92 Å². The Morgan fingerprint density at radius 1 is 0.909 bits per heavy atom. The summed E-state index contributed by atoms with van der Waals surface area (Å²) in [5.74, 6) is -0.225. The second kappa shape index (κ2) is 12.5. The molecule has 0 aromatic heterocycles. The molecule has 0 saturated carbocycles. The van der Waals surface area contributed by atoms with Crippen LogP contribution >= 0.6 is 0 Å². The first-order valence-corrected chi connectivity index (χ1v) is 11.9. The van der Waals surface area contributed by atoms with Crippen LogP contribution in [0.25, 0.3) is 0 Å². The summed E-state index contributed by atoms with van der Waals surface area (Å²) in [7, 11) is 0. The first-order chi connectivity index (χ1) is 15.6. The van der Waals surface area contributed by atoms with Gasteiger partial charge in [-0.3, -0.25) is 14.5 Å². The molecular formula is C28H39NO4. The van der Waals surface area contributed by atoms with E-state index in [0.717, 1.165) is 29.7 Å². The summed E-state index contributed by atoms with van der Waals surface area (Å²) in [5.41, 5.74) is 2.97. The van der Waals surface area contributed by atoms with Crippen LogP contribution in [0.4, 0.5) is 0 Å². The fourth-order valence-electron chi connectivity index (χ4n) is 4.04. The number of nitrogens with zero attached hydrogens (tertiary/aromatic N) is 1. The van der Waals surface area contributed by atoms with Crippen molar-refractivity contribution in [2.75, 3.05) is 6.54 Å². The summed E-state index contributed by atoms with van der Waals surface area (Å²) in [4.78, 5) is 26.3. The van der Waals surface area contributed by atoms with E-state index in [-0.39, 0.29) is 30.4 Å². The van der Waals surface area contributed by atoms with Gasteiger partial charge in [0, 0.05) is 30.5 Å². The molecule has 0 fully saturated rings. The lowest BCUT2D eigenvalue weighted by Gasteiger charge is -2.32. The van der Waals surface area contributed by atoms with E-state index in [2.05, 4.69) is 44.7 Å². The Morgan fingerprint density at radius 3 is 2.09 bits per heavy atom. The molecule has 2 aromatic rings. The van der Waals surface area contributed by atoms with E-state index in [9.17, 15) is 9.59 Å². The van der Waals surface area contributed by atoms with Gasteiger partial charge in [0.2, 0.25) is 0 Å². The van der Waals surface area contributed by atoms with Gasteiger partial charge < -0.3 is 9.47 Å². The Balaban J connectivity index is 2.51. The zero-order valence-electron chi connectivity index (χ0n) is 21.1. The molecule has 0 heterocycles. The van der Waals surface area contributed by atoms with Crippen LogP contribution in [0, 0.1) is 5.92 Å². The predicted octanol–water partition coefficient (Wildman–Crippen LogP) is 5.95. The van der Waals surface area contributed by atoms with Gasteiger partial charge in [-0.05, 0) is 63.9 Å². The van der Waals surface area contributed by atoms with Gasteiger partial charge in [-0.1, -0.05) is 50.2 Å². The molecule has 0 aliphatic rings. The van der Waals surface area contributed by atoms with E-state index < -0.39 is 0 Å². The van der Waals surface area contributed by atoms with E-state index in [1.54, 1.807) is 0 Å². The average Bonchev–Trinajstić information content (AvgIpc) is 2.76. The quantitative estimate of drug-likeness (QED) is 0.311. The van der Waals surface area contributed by atoms with E-state index in [1.807, 2.05) is 50.2 Å². The third-order valence-corrected chi connectivity index (χ3v) is 5.78. The minimum absolute atomic E-state index is 0.0263. The molecule has 0 saturated heterocycles. The van der Waals surface area contributed by atoms with Gasteiger partial charge in [-0.2, -0.15) is 0 Å². The number of hydrogen-bond donors (Lipinski definition) is 0. The smallest absolute Gasteiger partial charge is 0.313 e. The Morgan fingerprint density at radius 2 is 1.55 bits per heavy atom. The lowest BCUT2D eigenvalue weighted by Crippen LogP contribution is -2.38. The molecule has 0 bridgehead atoms. The van der Waals surface area contributed by atoms with Crippen molar-refractivity contribution in [2.45, 2.75) is 79.5 Å². The minimum Gasteiger partial charge on any atom is -0.461 e. The Labute approximate surface area is 199 Å². The summed E-state index contributed by atoms with van der Waals surface area (Å²) in [6.07, 6.45) is 0.865. The van der Waals surface area contributed by atoms with Gasteiger partial charge in [0.15, 0.2) is 0 Å². The summed E-state index contributed by atoms with van der Waals surface area (Å²) in [5, 5.41) is 0. The summed E-state index contributed by atoms with van der Waals surface area (Å²) in [6, 6.07) is 16.9. The number of carbonyl (C=O) groups excluding carboxylic acids is 2. The van der Waals surface area contributed by atoms with Crippen LogP contribution in [0.1, 0.15) is 77.5 Å². The van der Waals surface area contributed by atoms with Crippen molar-refractivity contribution in [3.05, 3.63) is 65.2 Å². The lowest BCUT2D eigenvalue weighted by molar-refractivity contribution is -0.142. The van der Waals surface area contributed by atoms with Crippen LogP contribution in [0.15, 0.2) is 48.5 Å². The molecule has 0 N–H and O–H groups in total. The average molecular weight is 454 g/mol. The topological polar surface area (TPSA) is 55.8 Å². The first kappa shape index (κ1) is 26.6. The van der Waals surface area contributed by atoms with E-state index in [4.69, 9.17) is 9.47 Å². The Kier molecular flexibility index (Phi) is 10.1. The second-order valence-corrected chi connectivity index (χ2v) is 9.41. The molecule has 5 heteroatoms. The van der Waals surface area contributed by atoms with Crippen LogP contribution in [0.2, 0.25) is 0 Å². The highest BCUT2D eigenvalue weighted by molar-refractivity contribution is 5.75. The molecule has 180 valence electrons. The summed E-state index contributed by atoms with van der Waals surface area (Å²) >= 11 is 0.